The number of carbonyl (C=O) groups excluding carboxylic acids is 1. The number of carbonyl (C=O) groups is 1. The molecule has 2 heterocycles. The summed E-state index contributed by atoms with van der Waals surface area (Å²) in [5.41, 5.74) is 2.39. The summed E-state index contributed by atoms with van der Waals surface area (Å²) in [7, 11) is 1.59. The quantitative estimate of drug-likeness (QED) is 0.468. The van der Waals surface area contributed by atoms with Crippen LogP contribution in [0.3, 0.4) is 0 Å². The van der Waals surface area contributed by atoms with Gasteiger partial charge in [-0.1, -0.05) is 49.0 Å². The highest BCUT2D eigenvalue weighted by atomic mass is 32.1. The van der Waals surface area contributed by atoms with Crippen LogP contribution in [0.5, 0.6) is 11.5 Å². The summed E-state index contributed by atoms with van der Waals surface area (Å²) in [6.07, 6.45) is 1.74. The van der Waals surface area contributed by atoms with Gasteiger partial charge in [-0.2, -0.15) is 0 Å². The van der Waals surface area contributed by atoms with E-state index in [9.17, 15) is 4.79 Å². The SMILES string of the molecule is C=C1NC(=S)NC(c2ccc(OCc3ccccc3)c(OC)c2)C1C(=O)Nc1cccc[nH+]1. The lowest BCUT2D eigenvalue weighted by atomic mass is 9.88. The third-order valence-corrected chi connectivity index (χ3v) is 5.52. The van der Waals surface area contributed by atoms with Gasteiger partial charge in [0.15, 0.2) is 16.6 Å². The standard InChI is InChI=1S/C25H24N4O3S/c1-16-22(24(30)28-21-10-6-7-13-26-21)23(29-25(33)27-16)18-11-12-19(20(14-18)31-2)32-15-17-8-4-3-5-9-17/h3-14,22-23H,1,15H2,2H3,(H,26,28,30)(H2,27,29,33)/p+1. The van der Waals surface area contributed by atoms with Crippen molar-refractivity contribution in [3.05, 3.63) is 96.3 Å². The lowest BCUT2D eigenvalue weighted by Crippen LogP contribution is -2.51. The molecule has 0 saturated carbocycles. The summed E-state index contributed by atoms with van der Waals surface area (Å²) in [6, 6.07) is 20.5. The minimum Gasteiger partial charge on any atom is -0.493 e. The first-order chi connectivity index (χ1) is 16.0. The minimum absolute atomic E-state index is 0.224. The maximum atomic E-state index is 13.2. The van der Waals surface area contributed by atoms with Crippen LogP contribution in [0.2, 0.25) is 0 Å². The number of thiocarbonyl (C=S) groups is 1. The van der Waals surface area contributed by atoms with Crippen LogP contribution in [0.4, 0.5) is 5.82 Å². The van der Waals surface area contributed by atoms with Gasteiger partial charge in [0.2, 0.25) is 0 Å². The topological polar surface area (TPSA) is 85.8 Å². The molecular weight excluding hydrogens is 436 g/mol. The van der Waals surface area contributed by atoms with E-state index >= 15 is 0 Å². The molecule has 2 atom stereocenters. The number of H-pyrrole nitrogens is 1. The number of hydrogen-bond acceptors (Lipinski definition) is 4. The van der Waals surface area contributed by atoms with Crippen LogP contribution in [0, 0.1) is 5.92 Å². The molecule has 4 rings (SSSR count). The Kier molecular flexibility index (Phi) is 6.85. The highest BCUT2D eigenvalue weighted by Crippen LogP contribution is 2.36. The number of aromatic nitrogens is 1. The largest absolute Gasteiger partial charge is 0.493 e. The molecule has 1 amide bonds. The molecule has 0 radical (unpaired) electrons. The first-order valence-corrected chi connectivity index (χ1v) is 10.8. The fraction of sp³-hybridized carbons (Fsp3) is 0.160. The molecular formula is C25H25N4O3S+. The van der Waals surface area contributed by atoms with Gasteiger partial charge in [-0.25, -0.2) is 15.1 Å². The van der Waals surface area contributed by atoms with Gasteiger partial charge < -0.3 is 20.1 Å². The average Bonchev–Trinajstić information content (AvgIpc) is 2.83. The first kappa shape index (κ1) is 22.3. The molecule has 0 spiro atoms. The van der Waals surface area contributed by atoms with Gasteiger partial charge >= 0.3 is 5.91 Å². The van der Waals surface area contributed by atoms with Gasteiger partial charge in [-0.15, -0.1) is 0 Å². The predicted octanol–water partition coefficient (Wildman–Crippen LogP) is 3.38. The predicted molar refractivity (Wildman–Crippen MR) is 130 cm³/mol. The fourth-order valence-corrected chi connectivity index (χ4v) is 3.94. The van der Waals surface area contributed by atoms with Crippen LogP contribution in [0.25, 0.3) is 0 Å². The fourth-order valence-electron chi connectivity index (χ4n) is 3.68. The molecule has 168 valence electrons. The van der Waals surface area contributed by atoms with Gasteiger partial charge in [0.05, 0.1) is 19.3 Å². The van der Waals surface area contributed by atoms with Crippen molar-refractivity contribution in [1.82, 2.24) is 10.6 Å². The van der Waals surface area contributed by atoms with E-state index in [-0.39, 0.29) is 5.91 Å². The maximum Gasteiger partial charge on any atom is 0.318 e. The van der Waals surface area contributed by atoms with Crippen molar-refractivity contribution in [3.8, 4) is 11.5 Å². The van der Waals surface area contributed by atoms with Crippen molar-refractivity contribution >= 4 is 29.1 Å². The third kappa shape index (κ3) is 5.30. The molecule has 1 aliphatic rings. The zero-order valence-corrected chi connectivity index (χ0v) is 18.9. The Bertz CT molecular complexity index is 1150. The number of ether oxygens (including phenoxy) is 2. The maximum absolute atomic E-state index is 13.2. The van der Waals surface area contributed by atoms with Crippen molar-refractivity contribution in [1.29, 1.82) is 0 Å². The molecule has 2 aromatic carbocycles. The molecule has 3 aromatic rings. The molecule has 4 N–H and O–H groups in total. The third-order valence-electron chi connectivity index (χ3n) is 5.30. The number of pyridine rings is 1. The minimum atomic E-state index is -0.619. The van der Waals surface area contributed by atoms with Crippen LogP contribution < -0.4 is 30.4 Å². The Labute approximate surface area is 197 Å². The highest BCUT2D eigenvalue weighted by Gasteiger charge is 2.39. The van der Waals surface area contributed by atoms with Gasteiger partial charge in [-0.3, -0.25) is 0 Å². The molecule has 0 aliphatic carbocycles. The smallest absolute Gasteiger partial charge is 0.318 e. The molecule has 8 heteroatoms. The summed E-state index contributed by atoms with van der Waals surface area (Å²) in [6.45, 7) is 4.46. The van der Waals surface area contributed by atoms with E-state index in [4.69, 9.17) is 21.7 Å². The van der Waals surface area contributed by atoms with Gasteiger partial charge in [0.25, 0.3) is 5.82 Å². The van der Waals surface area contributed by atoms with E-state index in [0.717, 1.165) is 11.1 Å². The lowest BCUT2D eigenvalue weighted by molar-refractivity contribution is -0.360. The van der Waals surface area contributed by atoms with Crippen molar-refractivity contribution in [3.63, 3.8) is 0 Å². The van der Waals surface area contributed by atoms with E-state index < -0.39 is 12.0 Å². The Morgan fingerprint density at radius 1 is 1.12 bits per heavy atom. The number of methoxy groups -OCH3 is 1. The summed E-state index contributed by atoms with van der Waals surface area (Å²) >= 11 is 5.33. The molecule has 7 nitrogen and oxygen atoms in total. The Morgan fingerprint density at radius 3 is 2.64 bits per heavy atom. The lowest BCUT2D eigenvalue weighted by Gasteiger charge is -2.34. The average molecular weight is 462 g/mol. The van der Waals surface area contributed by atoms with Crippen LogP contribution in [-0.4, -0.2) is 18.1 Å². The van der Waals surface area contributed by atoms with E-state index in [2.05, 4.69) is 27.5 Å². The summed E-state index contributed by atoms with van der Waals surface area (Å²) in [5, 5.41) is 9.48. The van der Waals surface area contributed by atoms with Gasteiger partial charge in [0.1, 0.15) is 12.5 Å². The second-order valence-corrected chi connectivity index (χ2v) is 7.94. The molecule has 33 heavy (non-hydrogen) atoms. The number of benzene rings is 2. The molecule has 1 fully saturated rings. The monoisotopic (exact) mass is 461 g/mol. The highest BCUT2D eigenvalue weighted by molar-refractivity contribution is 7.80. The van der Waals surface area contributed by atoms with Crippen LogP contribution in [0.15, 0.2) is 85.2 Å². The number of rotatable bonds is 7. The van der Waals surface area contributed by atoms with Gasteiger partial charge in [-0.05, 0) is 41.5 Å². The van der Waals surface area contributed by atoms with E-state index in [1.807, 2.05) is 60.7 Å². The van der Waals surface area contributed by atoms with Crippen LogP contribution in [-0.2, 0) is 11.4 Å². The normalized spacial score (nSPS) is 17.5. The molecule has 0 bridgehead atoms. The molecule has 2 unspecified atom stereocenters. The second kappa shape index (κ2) is 10.1. The Morgan fingerprint density at radius 2 is 1.91 bits per heavy atom. The Balaban J connectivity index is 1.58. The second-order valence-electron chi connectivity index (χ2n) is 7.53. The summed E-state index contributed by atoms with van der Waals surface area (Å²) in [4.78, 5) is 16.2. The molecule has 1 aromatic heterocycles. The number of nitrogens with one attached hydrogen (secondary N) is 4. The number of aromatic amines is 1. The van der Waals surface area contributed by atoms with E-state index in [1.165, 1.54) is 0 Å². The summed E-state index contributed by atoms with van der Waals surface area (Å²) < 4.78 is 11.5. The number of amides is 1. The van der Waals surface area contributed by atoms with Crippen molar-refractivity contribution in [2.24, 2.45) is 5.92 Å². The summed E-state index contributed by atoms with van der Waals surface area (Å²) in [5.74, 6) is 0.921. The van der Waals surface area contributed by atoms with Crippen molar-refractivity contribution < 1.29 is 19.3 Å². The first-order valence-electron chi connectivity index (χ1n) is 10.4. The van der Waals surface area contributed by atoms with Crippen LogP contribution in [0.1, 0.15) is 17.2 Å². The van der Waals surface area contributed by atoms with Gasteiger partial charge in [0, 0.05) is 11.8 Å². The Hall–Kier alpha value is -3.91. The van der Waals surface area contributed by atoms with E-state index in [1.54, 1.807) is 19.4 Å². The van der Waals surface area contributed by atoms with E-state index in [0.29, 0.717) is 34.7 Å². The number of hydrogen-bond donors (Lipinski definition) is 3. The molecule has 1 aliphatic heterocycles. The number of anilines is 1. The van der Waals surface area contributed by atoms with Crippen LogP contribution >= 0.6 is 12.2 Å². The van der Waals surface area contributed by atoms with Crippen molar-refractivity contribution in [2.75, 3.05) is 12.4 Å². The molecule has 1 saturated heterocycles. The van der Waals surface area contributed by atoms with Crippen molar-refractivity contribution in [2.45, 2.75) is 12.6 Å². The zero-order chi connectivity index (χ0) is 23.2. The zero-order valence-electron chi connectivity index (χ0n) is 18.1.